The second-order valence-electron chi connectivity index (χ2n) is 8.50. The summed E-state index contributed by atoms with van der Waals surface area (Å²) in [6.07, 6.45) is 1.39. The Morgan fingerprint density at radius 3 is 2.42 bits per heavy atom. The first-order valence-corrected chi connectivity index (χ1v) is 9.62. The third kappa shape index (κ3) is 4.11. The quantitative estimate of drug-likeness (QED) is 0.866. The van der Waals surface area contributed by atoms with E-state index in [1.165, 1.54) is 5.56 Å². The summed E-state index contributed by atoms with van der Waals surface area (Å²) in [6, 6.07) is 8.28. The Morgan fingerprint density at radius 1 is 1.27 bits per heavy atom. The van der Waals surface area contributed by atoms with E-state index in [1.807, 2.05) is 17.0 Å². The summed E-state index contributed by atoms with van der Waals surface area (Å²) in [5.74, 6) is 0.629. The van der Waals surface area contributed by atoms with Gasteiger partial charge in [-0.15, -0.1) is 0 Å². The maximum atomic E-state index is 12.6. The SMILES string of the molecule is CC(C)c1ccc(CC(=O)N2CCC3(CC2)C[C@](C)(O)[C@@H](O)CO3)cc1. The Bertz CT molecular complexity index is 630. The first-order valence-electron chi connectivity index (χ1n) is 9.62. The third-order valence-electron chi connectivity index (χ3n) is 5.97. The highest BCUT2D eigenvalue weighted by Gasteiger charge is 2.48. The topological polar surface area (TPSA) is 70.0 Å². The van der Waals surface area contributed by atoms with E-state index in [0.29, 0.717) is 44.7 Å². The Kier molecular flexibility index (Phi) is 5.42. The lowest BCUT2D eigenvalue weighted by molar-refractivity contribution is -0.222. The molecule has 1 aromatic rings. The summed E-state index contributed by atoms with van der Waals surface area (Å²) in [5.41, 5.74) is 0.783. The Hall–Kier alpha value is -1.43. The van der Waals surface area contributed by atoms with Crippen molar-refractivity contribution in [2.45, 2.75) is 69.7 Å². The van der Waals surface area contributed by atoms with Crippen LogP contribution in [0.2, 0.25) is 0 Å². The average Bonchev–Trinajstić information content (AvgIpc) is 2.59. The number of nitrogens with zero attached hydrogens (tertiary/aromatic N) is 1. The molecule has 0 aromatic heterocycles. The van der Waals surface area contributed by atoms with E-state index in [9.17, 15) is 15.0 Å². The van der Waals surface area contributed by atoms with Gasteiger partial charge in [-0.05, 0) is 36.8 Å². The molecular formula is C21H31NO4. The van der Waals surface area contributed by atoms with Crippen LogP contribution in [-0.2, 0) is 16.0 Å². The van der Waals surface area contributed by atoms with Crippen molar-refractivity contribution in [1.82, 2.24) is 4.90 Å². The number of likely N-dealkylation sites (tertiary alicyclic amines) is 1. The summed E-state index contributed by atoms with van der Waals surface area (Å²) >= 11 is 0. The minimum Gasteiger partial charge on any atom is -0.388 e. The average molecular weight is 361 g/mol. The van der Waals surface area contributed by atoms with Gasteiger partial charge in [-0.2, -0.15) is 0 Å². The molecular weight excluding hydrogens is 330 g/mol. The number of aliphatic hydroxyl groups is 2. The van der Waals surface area contributed by atoms with Gasteiger partial charge >= 0.3 is 0 Å². The van der Waals surface area contributed by atoms with Crippen LogP contribution >= 0.6 is 0 Å². The van der Waals surface area contributed by atoms with Crippen LogP contribution in [0.5, 0.6) is 0 Å². The van der Waals surface area contributed by atoms with Crippen molar-refractivity contribution in [2.24, 2.45) is 0 Å². The lowest BCUT2D eigenvalue weighted by atomic mass is 9.76. The molecule has 2 fully saturated rings. The van der Waals surface area contributed by atoms with Crippen LogP contribution in [0, 0.1) is 0 Å². The minimum absolute atomic E-state index is 0.139. The highest BCUT2D eigenvalue weighted by Crippen LogP contribution is 2.39. The zero-order valence-corrected chi connectivity index (χ0v) is 16.1. The van der Waals surface area contributed by atoms with Gasteiger partial charge in [0, 0.05) is 19.5 Å². The molecule has 2 N–H and O–H groups in total. The molecule has 2 aliphatic heterocycles. The first kappa shape index (κ1) is 19.3. The lowest BCUT2D eigenvalue weighted by Gasteiger charge is -2.49. The van der Waals surface area contributed by atoms with E-state index in [2.05, 4.69) is 26.0 Å². The van der Waals surface area contributed by atoms with Crippen LogP contribution in [0.15, 0.2) is 24.3 Å². The summed E-state index contributed by atoms with van der Waals surface area (Å²) in [4.78, 5) is 14.5. The van der Waals surface area contributed by atoms with Crippen molar-refractivity contribution in [2.75, 3.05) is 19.7 Å². The van der Waals surface area contributed by atoms with Gasteiger partial charge in [0.2, 0.25) is 5.91 Å². The van der Waals surface area contributed by atoms with Crippen molar-refractivity contribution in [3.05, 3.63) is 35.4 Å². The summed E-state index contributed by atoms with van der Waals surface area (Å²) < 4.78 is 5.89. The number of piperidine rings is 1. The van der Waals surface area contributed by atoms with Crippen molar-refractivity contribution >= 4 is 5.91 Å². The fourth-order valence-electron chi connectivity index (χ4n) is 4.05. The zero-order chi connectivity index (χ0) is 18.9. The van der Waals surface area contributed by atoms with Crippen molar-refractivity contribution in [3.8, 4) is 0 Å². The number of hydrogen-bond acceptors (Lipinski definition) is 4. The Labute approximate surface area is 156 Å². The highest BCUT2D eigenvalue weighted by atomic mass is 16.5. The highest BCUT2D eigenvalue weighted by molar-refractivity contribution is 5.78. The molecule has 0 bridgehead atoms. The van der Waals surface area contributed by atoms with E-state index in [1.54, 1.807) is 6.92 Å². The van der Waals surface area contributed by atoms with Crippen LogP contribution in [0.1, 0.15) is 57.1 Å². The molecule has 2 heterocycles. The van der Waals surface area contributed by atoms with E-state index < -0.39 is 17.3 Å². The largest absolute Gasteiger partial charge is 0.388 e. The predicted molar refractivity (Wildman–Crippen MR) is 100.0 cm³/mol. The van der Waals surface area contributed by atoms with E-state index >= 15 is 0 Å². The molecule has 5 heteroatoms. The fourth-order valence-corrected chi connectivity index (χ4v) is 4.05. The molecule has 3 rings (SSSR count). The van der Waals surface area contributed by atoms with Gasteiger partial charge in [0.1, 0.15) is 6.10 Å². The number of amides is 1. The number of benzene rings is 1. The number of carbonyl (C=O) groups is 1. The van der Waals surface area contributed by atoms with Crippen molar-refractivity contribution < 1.29 is 19.7 Å². The van der Waals surface area contributed by atoms with Crippen LogP contribution in [-0.4, -0.2) is 58.0 Å². The number of carbonyl (C=O) groups excluding carboxylic acids is 1. The molecule has 2 saturated heterocycles. The number of aliphatic hydroxyl groups excluding tert-OH is 1. The Morgan fingerprint density at radius 2 is 1.88 bits per heavy atom. The molecule has 5 nitrogen and oxygen atoms in total. The fraction of sp³-hybridized carbons (Fsp3) is 0.667. The standard InChI is InChI=1S/C21H31NO4/c1-15(2)17-6-4-16(5-7-17)12-19(24)22-10-8-21(9-11-22)14-20(3,25)18(23)13-26-21/h4-7,15,18,23,25H,8-14H2,1-3H3/t18-,20-/m0/s1. The molecule has 2 aliphatic rings. The van der Waals surface area contributed by atoms with Crippen LogP contribution in [0.4, 0.5) is 0 Å². The summed E-state index contributed by atoms with van der Waals surface area (Å²) in [5, 5.41) is 20.3. The zero-order valence-electron chi connectivity index (χ0n) is 16.1. The predicted octanol–water partition coefficient (Wildman–Crippen LogP) is 2.25. The molecule has 26 heavy (non-hydrogen) atoms. The Balaban J connectivity index is 1.55. The van der Waals surface area contributed by atoms with Gasteiger partial charge in [0.05, 0.1) is 24.2 Å². The molecule has 1 amide bonds. The summed E-state index contributed by atoms with van der Waals surface area (Å²) in [7, 11) is 0. The van der Waals surface area contributed by atoms with Crippen molar-refractivity contribution in [1.29, 1.82) is 0 Å². The van der Waals surface area contributed by atoms with E-state index in [-0.39, 0.29) is 12.5 Å². The number of ether oxygens (including phenoxy) is 1. The van der Waals surface area contributed by atoms with Gasteiger partial charge in [-0.1, -0.05) is 38.1 Å². The van der Waals surface area contributed by atoms with Gasteiger partial charge < -0.3 is 19.8 Å². The van der Waals surface area contributed by atoms with E-state index in [4.69, 9.17) is 4.74 Å². The normalized spacial score (nSPS) is 28.5. The summed E-state index contributed by atoms with van der Waals surface area (Å²) in [6.45, 7) is 7.41. The molecule has 0 aliphatic carbocycles. The third-order valence-corrected chi connectivity index (χ3v) is 5.97. The maximum absolute atomic E-state index is 12.6. The molecule has 1 aromatic carbocycles. The van der Waals surface area contributed by atoms with Crippen molar-refractivity contribution in [3.63, 3.8) is 0 Å². The van der Waals surface area contributed by atoms with Crippen LogP contribution < -0.4 is 0 Å². The maximum Gasteiger partial charge on any atom is 0.226 e. The lowest BCUT2D eigenvalue weighted by Crippen LogP contribution is -2.59. The van der Waals surface area contributed by atoms with Gasteiger partial charge in [0.15, 0.2) is 0 Å². The smallest absolute Gasteiger partial charge is 0.226 e. The second-order valence-corrected chi connectivity index (χ2v) is 8.50. The molecule has 2 atom stereocenters. The van der Waals surface area contributed by atoms with Crippen LogP contribution in [0.25, 0.3) is 0 Å². The van der Waals surface area contributed by atoms with Gasteiger partial charge in [-0.3, -0.25) is 4.79 Å². The van der Waals surface area contributed by atoms with Gasteiger partial charge in [-0.25, -0.2) is 0 Å². The molecule has 0 radical (unpaired) electrons. The minimum atomic E-state index is -1.12. The van der Waals surface area contributed by atoms with E-state index in [0.717, 1.165) is 5.56 Å². The molecule has 1 spiro atoms. The van der Waals surface area contributed by atoms with Crippen LogP contribution in [0.3, 0.4) is 0 Å². The molecule has 0 unspecified atom stereocenters. The number of rotatable bonds is 3. The second kappa shape index (κ2) is 7.29. The molecule has 0 saturated carbocycles. The molecule has 144 valence electrons. The monoisotopic (exact) mass is 361 g/mol. The first-order chi connectivity index (χ1) is 12.2. The van der Waals surface area contributed by atoms with Gasteiger partial charge in [0.25, 0.3) is 0 Å². The number of hydrogen-bond donors (Lipinski definition) is 2.